The predicted molar refractivity (Wildman–Crippen MR) is 85.5 cm³/mol. The number of nitrogens with one attached hydrogen (secondary N) is 1. The number of benzene rings is 1. The van der Waals surface area contributed by atoms with Gasteiger partial charge in [-0.1, -0.05) is 6.07 Å². The van der Waals surface area contributed by atoms with Crippen LogP contribution in [0.5, 0.6) is 0 Å². The Morgan fingerprint density at radius 3 is 2.71 bits per heavy atom. The number of hydrogen-bond donors (Lipinski definition) is 1. The molecular formula is C18H19F2N3O. The molecule has 1 aromatic heterocycles. The van der Waals surface area contributed by atoms with Crippen LogP contribution in [-0.2, 0) is 25.9 Å². The van der Waals surface area contributed by atoms with Gasteiger partial charge in [-0.3, -0.25) is 9.69 Å². The Kier molecular flexibility index (Phi) is 3.92. The van der Waals surface area contributed by atoms with Gasteiger partial charge in [0.2, 0.25) is 0 Å². The Morgan fingerprint density at radius 2 is 2.00 bits per heavy atom. The number of aromatic amines is 1. The summed E-state index contributed by atoms with van der Waals surface area (Å²) in [7, 11) is 0. The summed E-state index contributed by atoms with van der Waals surface area (Å²) in [4.78, 5) is 21.7. The number of nitrogens with zero attached hydrogens (tertiary/aromatic N) is 2. The van der Waals surface area contributed by atoms with Gasteiger partial charge in [0.15, 0.2) is 0 Å². The van der Waals surface area contributed by atoms with Crippen molar-refractivity contribution in [2.24, 2.45) is 5.92 Å². The molecule has 6 heteroatoms. The molecule has 0 spiro atoms. The summed E-state index contributed by atoms with van der Waals surface area (Å²) in [6.07, 6.45) is 3.75. The third kappa shape index (κ3) is 3.11. The number of H-pyrrole nitrogens is 1. The molecule has 0 saturated heterocycles. The van der Waals surface area contributed by atoms with Crippen molar-refractivity contribution in [3.63, 3.8) is 0 Å². The number of hydrogen-bond acceptors (Lipinski definition) is 3. The molecule has 1 N–H and O–H groups in total. The number of fused-ring (bicyclic) bond motifs is 1. The number of halogens is 2. The highest BCUT2D eigenvalue weighted by molar-refractivity contribution is 5.23. The third-order valence-electron chi connectivity index (χ3n) is 4.82. The monoisotopic (exact) mass is 331 g/mol. The van der Waals surface area contributed by atoms with Crippen LogP contribution in [0, 0.1) is 17.6 Å². The normalized spacial score (nSPS) is 17.8. The van der Waals surface area contributed by atoms with Gasteiger partial charge in [0, 0.05) is 37.2 Å². The molecule has 4 nitrogen and oxygen atoms in total. The van der Waals surface area contributed by atoms with Crippen LogP contribution in [0.2, 0.25) is 0 Å². The van der Waals surface area contributed by atoms with Gasteiger partial charge < -0.3 is 4.98 Å². The van der Waals surface area contributed by atoms with Gasteiger partial charge in [-0.2, -0.15) is 0 Å². The molecule has 1 fully saturated rings. The average molecular weight is 331 g/mol. The molecule has 1 aromatic carbocycles. The summed E-state index contributed by atoms with van der Waals surface area (Å²) in [6.45, 7) is 1.22. The number of aromatic nitrogens is 2. The van der Waals surface area contributed by atoms with E-state index in [0.29, 0.717) is 31.0 Å². The van der Waals surface area contributed by atoms with Gasteiger partial charge in [0.05, 0.1) is 5.69 Å². The molecule has 4 rings (SSSR count). The molecule has 0 radical (unpaired) electrons. The van der Waals surface area contributed by atoms with E-state index in [1.165, 1.54) is 31.0 Å². The molecule has 0 bridgehead atoms. The van der Waals surface area contributed by atoms with Crippen LogP contribution in [0.1, 0.15) is 35.5 Å². The van der Waals surface area contributed by atoms with E-state index in [9.17, 15) is 13.6 Å². The summed E-state index contributed by atoms with van der Waals surface area (Å²) in [6, 6.07) is 3.91. The minimum Gasteiger partial charge on any atom is -0.310 e. The van der Waals surface area contributed by atoms with Crippen molar-refractivity contribution in [3.05, 3.63) is 62.8 Å². The van der Waals surface area contributed by atoms with Gasteiger partial charge in [-0.15, -0.1) is 0 Å². The maximum atomic E-state index is 13.8. The van der Waals surface area contributed by atoms with E-state index in [1.54, 1.807) is 0 Å². The fourth-order valence-electron chi connectivity index (χ4n) is 3.28. The quantitative estimate of drug-likeness (QED) is 0.937. The minimum atomic E-state index is -0.533. The van der Waals surface area contributed by atoms with Crippen molar-refractivity contribution >= 4 is 0 Å². The van der Waals surface area contributed by atoms with E-state index in [4.69, 9.17) is 0 Å². The smallest absolute Gasteiger partial charge is 0.254 e. The Bertz CT molecular complexity index is 809. The van der Waals surface area contributed by atoms with E-state index < -0.39 is 11.6 Å². The lowest BCUT2D eigenvalue weighted by Crippen LogP contribution is -2.35. The minimum absolute atomic E-state index is 0.0626. The zero-order valence-corrected chi connectivity index (χ0v) is 13.3. The summed E-state index contributed by atoms with van der Waals surface area (Å²) in [5, 5.41) is 0. The van der Waals surface area contributed by atoms with E-state index >= 15 is 0 Å². The molecule has 24 heavy (non-hydrogen) atoms. The van der Waals surface area contributed by atoms with Crippen LogP contribution in [0.4, 0.5) is 8.78 Å². The highest BCUT2D eigenvalue weighted by Gasteiger charge is 2.26. The van der Waals surface area contributed by atoms with E-state index in [0.717, 1.165) is 17.9 Å². The van der Waals surface area contributed by atoms with Gasteiger partial charge in [-0.05, 0) is 37.3 Å². The van der Waals surface area contributed by atoms with Crippen molar-refractivity contribution in [1.82, 2.24) is 14.9 Å². The lowest BCUT2D eigenvalue weighted by atomic mass is 10.0. The third-order valence-corrected chi connectivity index (χ3v) is 4.82. The molecule has 2 heterocycles. The van der Waals surface area contributed by atoms with Gasteiger partial charge in [-0.25, -0.2) is 13.8 Å². The van der Waals surface area contributed by atoms with E-state index in [1.807, 2.05) is 4.90 Å². The Morgan fingerprint density at radius 1 is 1.25 bits per heavy atom. The first-order chi connectivity index (χ1) is 11.6. The van der Waals surface area contributed by atoms with Crippen LogP contribution in [0.3, 0.4) is 0 Å². The molecule has 1 saturated carbocycles. The SMILES string of the molecule is O=c1[nH]c(CC2CC2)nc2c1CCN(Cc1c(F)cccc1F)C2. The topological polar surface area (TPSA) is 49.0 Å². The lowest BCUT2D eigenvalue weighted by molar-refractivity contribution is 0.233. The second-order valence-corrected chi connectivity index (χ2v) is 6.75. The molecule has 1 aliphatic carbocycles. The zero-order valence-electron chi connectivity index (χ0n) is 13.3. The van der Waals surface area contributed by atoms with Crippen LogP contribution < -0.4 is 5.56 Å². The Balaban J connectivity index is 1.56. The van der Waals surface area contributed by atoms with Crippen molar-refractivity contribution in [3.8, 4) is 0 Å². The summed E-state index contributed by atoms with van der Waals surface area (Å²) in [5.41, 5.74) is 1.47. The number of rotatable bonds is 4. The first-order valence-electron chi connectivity index (χ1n) is 8.36. The van der Waals surface area contributed by atoms with Crippen molar-refractivity contribution in [2.45, 2.75) is 38.8 Å². The average Bonchev–Trinajstić information content (AvgIpc) is 3.35. The summed E-state index contributed by atoms with van der Waals surface area (Å²) in [5.74, 6) is 0.307. The fraction of sp³-hybridized carbons (Fsp3) is 0.444. The molecule has 0 atom stereocenters. The fourth-order valence-corrected chi connectivity index (χ4v) is 3.28. The predicted octanol–water partition coefficient (Wildman–Crippen LogP) is 2.56. The van der Waals surface area contributed by atoms with E-state index in [-0.39, 0.29) is 17.7 Å². The van der Waals surface area contributed by atoms with Crippen molar-refractivity contribution < 1.29 is 8.78 Å². The highest BCUT2D eigenvalue weighted by atomic mass is 19.1. The molecule has 2 aliphatic rings. The first kappa shape index (κ1) is 15.4. The van der Waals surface area contributed by atoms with Gasteiger partial charge in [0.25, 0.3) is 5.56 Å². The van der Waals surface area contributed by atoms with Crippen molar-refractivity contribution in [2.75, 3.05) is 6.54 Å². The zero-order chi connectivity index (χ0) is 16.7. The van der Waals surface area contributed by atoms with Gasteiger partial charge >= 0.3 is 0 Å². The van der Waals surface area contributed by atoms with Crippen LogP contribution in [0.15, 0.2) is 23.0 Å². The second kappa shape index (κ2) is 6.09. The second-order valence-electron chi connectivity index (χ2n) is 6.75. The largest absolute Gasteiger partial charge is 0.310 e. The van der Waals surface area contributed by atoms with Crippen LogP contribution >= 0.6 is 0 Å². The molecule has 1 aliphatic heterocycles. The van der Waals surface area contributed by atoms with E-state index in [2.05, 4.69) is 9.97 Å². The maximum Gasteiger partial charge on any atom is 0.254 e. The molecule has 0 unspecified atom stereocenters. The van der Waals surface area contributed by atoms with Crippen LogP contribution in [-0.4, -0.2) is 21.4 Å². The summed E-state index contributed by atoms with van der Waals surface area (Å²) >= 11 is 0. The molecule has 126 valence electrons. The highest BCUT2D eigenvalue weighted by Crippen LogP contribution is 2.31. The molecule has 0 amide bonds. The molecule has 2 aromatic rings. The maximum absolute atomic E-state index is 13.8. The van der Waals surface area contributed by atoms with Crippen molar-refractivity contribution in [1.29, 1.82) is 0 Å². The molecular weight excluding hydrogens is 312 g/mol. The standard InChI is InChI=1S/C18H19F2N3O/c19-14-2-1-3-15(20)13(14)9-23-7-6-12-16(10-23)21-17(22-18(12)24)8-11-4-5-11/h1-3,11H,4-10H2,(H,21,22,24). The Labute approximate surface area is 138 Å². The van der Waals surface area contributed by atoms with Crippen LogP contribution in [0.25, 0.3) is 0 Å². The Hall–Kier alpha value is -2.08. The lowest BCUT2D eigenvalue weighted by Gasteiger charge is -2.28. The first-order valence-corrected chi connectivity index (χ1v) is 8.36. The summed E-state index contributed by atoms with van der Waals surface area (Å²) < 4.78 is 27.7. The van der Waals surface area contributed by atoms with Gasteiger partial charge in [0.1, 0.15) is 17.5 Å².